The number of hydrogen-bond acceptors (Lipinski definition) is 2. The quantitative estimate of drug-likeness (QED) is 0.840. The lowest BCUT2D eigenvalue weighted by Crippen LogP contribution is -2.36. The van der Waals surface area contributed by atoms with Gasteiger partial charge in [-0.15, -0.1) is 0 Å². The summed E-state index contributed by atoms with van der Waals surface area (Å²) >= 11 is 6.16. The molecule has 0 amide bonds. The Labute approximate surface area is 121 Å². The molecule has 2 rings (SSSR count). The number of rotatable bonds is 3. The minimum atomic E-state index is 0.504. The van der Waals surface area contributed by atoms with Crippen molar-refractivity contribution in [2.45, 2.75) is 38.6 Å². The van der Waals surface area contributed by atoms with E-state index >= 15 is 0 Å². The summed E-state index contributed by atoms with van der Waals surface area (Å²) in [6.07, 6.45) is 4.37. The van der Waals surface area contributed by atoms with E-state index in [0.717, 1.165) is 49.5 Å². The normalized spacial score (nSPS) is 15.8. The molecule has 0 radical (unpaired) electrons. The van der Waals surface area contributed by atoms with Gasteiger partial charge in [-0.1, -0.05) is 36.6 Å². The number of unbranched alkanes of at least 4 members (excludes halogenated alkanes) is 1. The van der Waals surface area contributed by atoms with Crippen LogP contribution in [0.25, 0.3) is 0 Å². The van der Waals surface area contributed by atoms with Crippen molar-refractivity contribution >= 4 is 17.3 Å². The van der Waals surface area contributed by atoms with Crippen molar-refractivity contribution in [3.63, 3.8) is 0 Å². The molecule has 1 N–H and O–H groups in total. The smallest absolute Gasteiger partial charge is 0.0637 e. The molecule has 19 heavy (non-hydrogen) atoms. The molecule has 1 heterocycles. The maximum absolute atomic E-state index is 6.16. The fourth-order valence-electron chi connectivity index (χ4n) is 2.23. The molecule has 1 fully saturated rings. The van der Waals surface area contributed by atoms with E-state index in [1.165, 1.54) is 0 Å². The second-order valence-electron chi connectivity index (χ2n) is 4.92. The molecule has 0 aromatic heterocycles. The minimum absolute atomic E-state index is 0.504. The summed E-state index contributed by atoms with van der Waals surface area (Å²) in [5.41, 5.74) is 1.04. The number of nitrogens with zero attached hydrogens (tertiary/aromatic N) is 1. The number of hydrogen-bond donors (Lipinski definition) is 1. The maximum atomic E-state index is 6.16. The highest BCUT2D eigenvalue weighted by molar-refractivity contribution is 6.33. The number of nitrogens with one attached hydrogen (secondary N) is 1. The Hall–Kier alpha value is -1.33. The van der Waals surface area contributed by atoms with Gasteiger partial charge in [0.05, 0.1) is 10.7 Å². The van der Waals surface area contributed by atoms with Crippen LogP contribution in [0.3, 0.4) is 0 Å². The van der Waals surface area contributed by atoms with Crippen LogP contribution in [0.4, 0.5) is 5.69 Å². The van der Waals surface area contributed by atoms with Crippen LogP contribution >= 0.6 is 11.6 Å². The molecule has 3 heteroatoms. The van der Waals surface area contributed by atoms with E-state index in [-0.39, 0.29) is 0 Å². The zero-order valence-electron chi connectivity index (χ0n) is 11.5. The number of piperidine rings is 1. The molecule has 0 atom stereocenters. The van der Waals surface area contributed by atoms with Crippen LogP contribution in [-0.2, 0) is 0 Å². The Morgan fingerprint density at radius 2 is 2.05 bits per heavy atom. The zero-order chi connectivity index (χ0) is 13.5. The molecule has 1 aromatic carbocycles. The Kier molecular flexibility index (Phi) is 5.42. The summed E-state index contributed by atoms with van der Waals surface area (Å²) in [4.78, 5) is 2.24. The zero-order valence-corrected chi connectivity index (χ0v) is 12.2. The van der Waals surface area contributed by atoms with Gasteiger partial charge in [-0.3, -0.25) is 0 Å². The van der Waals surface area contributed by atoms with Gasteiger partial charge >= 0.3 is 0 Å². The van der Waals surface area contributed by atoms with E-state index in [2.05, 4.69) is 29.1 Å². The van der Waals surface area contributed by atoms with Crippen molar-refractivity contribution in [3.8, 4) is 12.0 Å². The minimum Gasteiger partial charge on any atom is -0.381 e. The van der Waals surface area contributed by atoms with E-state index in [4.69, 9.17) is 11.6 Å². The second kappa shape index (κ2) is 7.31. The van der Waals surface area contributed by atoms with Crippen molar-refractivity contribution < 1.29 is 0 Å². The SMILES string of the molecule is CCCC#CN1CCC(Nc2ccccc2Cl)CC1. The molecule has 0 bridgehead atoms. The first-order valence-electron chi connectivity index (χ1n) is 7.04. The van der Waals surface area contributed by atoms with Gasteiger partial charge in [-0.25, -0.2) is 0 Å². The molecule has 0 aliphatic carbocycles. The van der Waals surface area contributed by atoms with E-state index < -0.39 is 0 Å². The molecule has 1 aliphatic heterocycles. The second-order valence-corrected chi connectivity index (χ2v) is 5.33. The first kappa shape index (κ1) is 14.1. The van der Waals surface area contributed by atoms with Crippen molar-refractivity contribution in [2.24, 2.45) is 0 Å². The number of halogens is 1. The Morgan fingerprint density at radius 1 is 1.32 bits per heavy atom. The third-order valence-electron chi connectivity index (χ3n) is 3.34. The van der Waals surface area contributed by atoms with Gasteiger partial charge in [0.2, 0.25) is 0 Å². The molecule has 2 nitrogen and oxygen atoms in total. The Morgan fingerprint density at radius 3 is 2.74 bits per heavy atom. The number of anilines is 1. The van der Waals surface area contributed by atoms with Crippen LogP contribution in [0.15, 0.2) is 24.3 Å². The standard InChI is InChI=1S/C16H21ClN2/c1-2-3-6-11-19-12-9-14(10-13-19)18-16-8-5-4-7-15(16)17/h4-5,7-8,14,18H,2-3,9-10,12-13H2,1H3. The van der Waals surface area contributed by atoms with E-state index in [1.54, 1.807) is 0 Å². The Bertz CT molecular complexity index is 453. The highest BCUT2D eigenvalue weighted by Gasteiger charge is 2.17. The van der Waals surface area contributed by atoms with Crippen LogP contribution in [0.5, 0.6) is 0 Å². The van der Waals surface area contributed by atoms with Gasteiger partial charge < -0.3 is 10.2 Å². The highest BCUT2D eigenvalue weighted by Crippen LogP contribution is 2.23. The van der Waals surface area contributed by atoms with Gasteiger partial charge in [-0.05, 0) is 31.4 Å². The van der Waals surface area contributed by atoms with Gasteiger partial charge in [-0.2, -0.15) is 0 Å². The van der Waals surface area contributed by atoms with Crippen molar-refractivity contribution in [2.75, 3.05) is 18.4 Å². The van der Waals surface area contributed by atoms with E-state index in [0.29, 0.717) is 6.04 Å². The third-order valence-corrected chi connectivity index (χ3v) is 3.67. The maximum Gasteiger partial charge on any atom is 0.0637 e. The number of benzene rings is 1. The average molecular weight is 277 g/mol. The van der Waals surface area contributed by atoms with Crippen LogP contribution < -0.4 is 5.32 Å². The lowest BCUT2D eigenvalue weighted by Gasteiger charge is -2.30. The predicted molar refractivity (Wildman–Crippen MR) is 82.4 cm³/mol. The average Bonchev–Trinajstić information content (AvgIpc) is 2.44. The lowest BCUT2D eigenvalue weighted by molar-refractivity contribution is 0.309. The molecule has 1 aliphatic rings. The van der Waals surface area contributed by atoms with Crippen molar-refractivity contribution in [1.82, 2.24) is 4.90 Å². The molecule has 0 spiro atoms. The first-order chi connectivity index (χ1) is 9.29. The Balaban J connectivity index is 1.81. The summed E-state index contributed by atoms with van der Waals surface area (Å²) in [6, 6.07) is 11.7. The van der Waals surface area contributed by atoms with Crippen LogP contribution in [0.1, 0.15) is 32.6 Å². The largest absolute Gasteiger partial charge is 0.381 e. The van der Waals surface area contributed by atoms with Crippen LogP contribution in [0.2, 0.25) is 5.02 Å². The predicted octanol–water partition coefficient (Wildman–Crippen LogP) is 3.98. The van der Waals surface area contributed by atoms with Gasteiger partial charge in [0.25, 0.3) is 0 Å². The summed E-state index contributed by atoms with van der Waals surface area (Å²) in [5, 5.41) is 4.33. The lowest BCUT2D eigenvalue weighted by atomic mass is 10.1. The molecular formula is C16H21ClN2. The summed E-state index contributed by atoms with van der Waals surface area (Å²) in [5.74, 6) is 3.21. The topological polar surface area (TPSA) is 15.3 Å². The highest BCUT2D eigenvalue weighted by atomic mass is 35.5. The fourth-order valence-corrected chi connectivity index (χ4v) is 2.42. The van der Waals surface area contributed by atoms with Gasteiger partial charge in [0.1, 0.15) is 0 Å². The van der Waals surface area contributed by atoms with Crippen molar-refractivity contribution in [1.29, 1.82) is 0 Å². The molecular weight excluding hydrogens is 256 g/mol. The van der Waals surface area contributed by atoms with Crippen molar-refractivity contribution in [3.05, 3.63) is 29.3 Å². The molecule has 0 unspecified atom stereocenters. The fraction of sp³-hybridized carbons (Fsp3) is 0.500. The van der Waals surface area contributed by atoms with Gasteiger partial charge in [0.15, 0.2) is 0 Å². The number of para-hydroxylation sites is 1. The summed E-state index contributed by atoms with van der Waals surface area (Å²) in [7, 11) is 0. The van der Waals surface area contributed by atoms with E-state index in [9.17, 15) is 0 Å². The monoisotopic (exact) mass is 276 g/mol. The molecule has 1 saturated heterocycles. The molecule has 102 valence electrons. The van der Waals surface area contributed by atoms with Crippen LogP contribution in [0, 0.1) is 12.0 Å². The molecule has 0 saturated carbocycles. The van der Waals surface area contributed by atoms with E-state index in [1.807, 2.05) is 24.3 Å². The first-order valence-corrected chi connectivity index (χ1v) is 7.42. The molecule has 1 aromatic rings. The van der Waals surface area contributed by atoms with Crippen LogP contribution in [-0.4, -0.2) is 24.0 Å². The third kappa shape index (κ3) is 4.36. The van der Waals surface area contributed by atoms with Gasteiger partial charge in [0, 0.05) is 31.6 Å². The summed E-state index contributed by atoms with van der Waals surface area (Å²) in [6.45, 7) is 4.24. The number of likely N-dealkylation sites (tertiary alicyclic amines) is 1. The summed E-state index contributed by atoms with van der Waals surface area (Å²) < 4.78 is 0.